The van der Waals surface area contributed by atoms with Crippen LogP contribution in [-0.2, 0) is 15.8 Å². The Hall–Kier alpha value is -4.57. The third kappa shape index (κ3) is 4.63. The molecule has 2 aliphatic rings. The minimum atomic E-state index is -1.54. The summed E-state index contributed by atoms with van der Waals surface area (Å²) in [6.07, 6.45) is 3.14. The maximum atomic E-state index is 13.7. The Morgan fingerprint density at radius 2 is 1.90 bits per heavy atom. The van der Waals surface area contributed by atoms with Gasteiger partial charge in [0.2, 0.25) is 5.91 Å². The first-order chi connectivity index (χ1) is 19.6. The van der Waals surface area contributed by atoms with Gasteiger partial charge in [0.05, 0.1) is 29.2 Å². The minimum absolute atomic E-state index is 0.0142. The molecule has 0 radical (unpaired) electrons. The Kier molecular flexibility index (Phi) is 6.37. The molecule has 4 N–H and O–H groups in total. The van der Waals surface area contributed by atoms with Crippen molar-refractivity contribution in [1.82, 2.24) is 20.1 Å². The number of amides is 2. The van der Waals surface area contributed by atoms with Gasteiger partial charge in [0.1, 0.15) is 34.9 Å². The maximum Gasteiger partial charge on any atom is 0.254 e. The van der Waals surface area contributed by atoms with Gasteiger partial charge in [-0.1, -0.05) is 18.2 Å². The monoisotopic (exact) mass is 555 g/mol. The van der Waals surface area contributed by atoms with Crippen molar-refractivity contribution < 1.29 is 23.8 Å². The highest BCUT2D eigenvalue weighted by Crippen LogP contribution is 2.49. The van der Waals surface area contributed by atoms with Crippen LogP contribution in [-0.4, -0.2) is 44.8 Å². The van der Waals surface area contributed by atoms with E-state index in [2.05, 4.69) is 10.4 Å². The Morgan fingerprint density at radius 3 is 2.56 bits per heavy atom. The van der Waals surface area contributed by atoms with Gasteiger partial charge in [-0.25, -0.2) is 14.1 Å². The predicted molar refractivity (Wildman–Crippen MR) is 149 cm³/mol. The third-order valence-corrected chi connectivity index (χ3v) is 8.11. The van der Waals surface area contributed by atoms with Crippen LogP contribution in [0.4, 0.5) is 4.39 Å². The van der Waals surface area contributed by atoms with Crippen molar-refractivity contribution in [3.63, 3.8) is 0 Å². The Bertz CT molecular complexity index is 1650. The highest BCUT2D eigenvalue weighted by molar-refractivity contribution is 5.95. The molecule has 3 heterocycles. The summed E-state index contributed by atoms with van der Waals surface area (Å²) < 4.78 is 21.3. The van der Waals surface area contributed by atoms with E-state index in [1.165, 1.54) is 12.1 Å². The molecule has 0 spiro atoms. The molecule has 6 rings (SSSR count). The number of nitrogens with zero attached hydrogens (tertiary/aromatic N) is 3. The van der Waals surface area contributed by atoms with Crippen LogP contribution in [0.1, 0.15) is 47.1 Å². The van der Waals surface area contributed by atoms with Crippen molar-refractivity contribution in [2.45, 2.75) is 37.7 Å². The van der Waals surface area contributed by atoms with E-state index in [4.69, 9.17) is 15.5 Å². The molecule has 1 saturated carbocycles. The van der Waals surface area contributed by atoms with Crippen LogP contribution < -0.4 is 15.8 Å². The fourth-order valence-electron chi connectivity index (χ4n) is 5.32. The number of carbonyl (C=O) groups is 2. The number of carbonyl (C=O) groups excluding carboxylic acids is 2. The molecular weight excluding hydrogens is 525 g/mol. The summed E-state index contributed by atoms with van der Waals surface area (Å²) in [5.74, 6) is -1.16. The second-order valence-electron chi connectivity index (χ2n) is 11.0. The summed E-state index contributed by atoms with van der Waals surface area (Å²) >= 11 is 0. The topological polar surface area (TPSA) is 132 Å². The number of ether oxygens (including phenoxy) is 1. The largest absolute Gasteiger partial charge is 0.489 e. The molecule has 0 unspecified atom stereocenters. The summed E-state index contributed by atoms with van der Waals surface area (Å²) in [6, 6.07) is 16.9. The van der Waals surface area contributed by atoms with E-state index < -0.39 is 22.7 Å². The Balaban J connectivity index is 1.36. The van der Waals surface area contributed by atoms with Crippen LogP contribution in [0.15, 0.2) is 66.9 Å². The molecule has 210 valence electrons. The summed E-state index contributed by atoms with van der Waals surface area (Å²) in [5, 5.41) is 19.5. The van der Waals surface area contributed by atoms with Gasteiger partial charge in [-0.2, -0.15) is 5.10 Å². The van der Waals surface area contributed by atoms with Crippen LogP contribution in [0.3, 0.4) is 0 Å². The van der Waals surface area contributed by atoms with E-state index in [-0.39, 0.29) is 30.7 Å². The average molecular weight is 556 g/mol. The van der Waals surface area contributed by atoms with E-state index in [1.807, 2.05) is 30.3 Å². The lowest BCUT2D eigenvalue weighted by atomic mass is 9.81. The first kappa shape index (κ1) is 26.6. The number of aryl methyl sites for hydroxylation is 1. The number of nitrogens with one attached hydrogen (secondary N) is 1. The molecule has 4 aromatic rings. The molecule has 1 aliphatic heterocycles. The maximum absolute atomic E-state index is 13.7. The van der Waals surface area contributed by atoms with Crippen LogP contribution in [0.5, 0.6) is 5.75 Å². The molecule has 0 bridgehead atoms. The Morgan fingerprint density at radius 1 is 1.20 bits per heavy atom. The van der Waals surface area contributed by atoms with Gasteiger partial charge in [0.25, 0.3) is 5.91 Å². The van der Waals surface area contributed by atoms with Gasteiger partial charge < -0.3 is 20.9 Å². The number of pyridine rings is 1. The summed E-state index contributed by atoms with van der Waals surface area (Å²) in [7, 11) is 0. The highest BCUT2D eigenvalue weighted by Gasteiger charge is 2.50. The Labute approximate surface area is 236 Å². The molecule has 2 atom stereocenters. The van der Waals surface area contributed by atoms with Crippen LogP contribution in [0, 0.1) is 18.7 Å². The molecule has 0 saturated heterocycles. The van der Waals surface area contributed by atoms with Crippen molar-refractivity contribution in [2.75, 3.05) is 13.2 Å². The number of rotatable bonds is 8. The van der Waals surface area contributed by atoms with Gasteiger partial charge in [0, 0.05) is 17.3 Å². The standard InChI is InChI=1S/C31H30FN5O4/c1-18-23(15-37(36-18)22-6-4-3-5-7-22)28(38)34-16-31(40,20-10-11-20)25-14-24-27(41-17-30(24,2)29(33)39)26(35-25)19-8-12-21(32)13-9-19/h3-9,12-15,20,40H,10-11,16-17H2,1-2H3,(H2,33,39)(H,34,38)/t30-,31+/m0/s1. The molecule has 2 aromatic heterocycles. The van der Waals surface area contributed by atoms with E-state index in [0.717, 1.165) is 18.5 Å². The fraction of sp³-hybridized carbons (Fsp3) is 0.290. The van der Waals surface area contributed by atoms with E-state index >= 15 is 0 Å². The summed E-state index contributed by atoms with van der Waals surface area (Å²) in [6.45, 7) is 3.34. The molecule has 2 amide bonds. The van der Waals surface area contributed by atoms with Gasteiger partial charge >= 0.3 is 0 Å². The molecule has 2 aromatic carbocycles. The third-order valence-electron chi connectivity index (χ3n) is 8.11. The molecule has 1 fully saturated rings. The number of fused-ring (bicyclic) bond motifs is 1. The van der Waals surface area contributed by atoms with Crippen molar-refractivity contribution in [2.24, 2.45) is 11.7 Å². The highest BCUT2D eigenvalue weighted by atomic mass is 19.1. The van der Waals surface area contributed by atoms with Crippen molar-refractivity contribution >= 4 is 11.8 Å². The lowest BCUT2D eigenvalue weighted by Gasteiger charge is -2.30. The first-order valence-corrected chi connectivity index (χ1v) is 13.5. The molecule has 10 heteroatoms. The van der Waals surface area contributed by atoms with Gasteiger partial charge in [-0.05, 0) is 75.1 Å². The predicted octanol–water partition coefficient (Wildman–Crippen LogP) is 3.54. The summed E-state index contributed by atoms with van der Waals surface area (Å²) in [5.41, 5.74) is 6.56. The zero-order valence-corrected chi connectivity index (χ0v) is 22.7. The number of benzene rings is 2. The van der Waals surface area contributed by atoms with Gasteiger partial charge in [0.15, 0.2) is 0 Å². The van der Waals surface area contributed by atoms with Crippen molar-refractivity contribution in [3.8, 4) is 22.7 Å². The van der Waals surface area contributed by atoms with Gasteiger partial charge in [-0.3, -0.25) is 9.59 Å². The number of aromatic nitrogens is 3. The normalized spacial score (nSPS) is 19.2. The number of hydrogen-bond donors (Lipinski definition) is 3. The van der Waals surface area contributed by atoms with Crippen molar-refractivity contribution in [1.29, 1.82) is 0 Å². The number of aliphatic hydroxyl groups is 1. The SMILES string of the molecule is Cc1nn(-c2ccccc2)cc1C(=O)NC[C@](O)(c1cc2c(c(-c3ccc(F)cc3)n1)OC[C@]2(C)C(N)=O)C1CC1. The molecule has 41 heavy (non-hydrogen) atoms. The second kappa shape index (κ2) is 9.81. The van der Waals surface area contributed by atoms with Crippen molar-refractivity contribution in [3.05, 3.63) is 95.2 Å². The van der Waals surface area contributed by atoms with Crippen LogP contribution in [0.2, 0.25) is 0 Å². The molecule has 9 nitrogen and oxygen atoms in total. The van der Waals surface area contributed by atoms with Crippen LogP contribution >= 0.6 is 0 Å². The summed E-state index contributed by atoms with van der Waals surface area (Å²) in [4.78, 5) is 30.7. The number of hydrogen-bond acceptors (Lipinski definition) is 6. The number of halogens is 1. The number of para-hydroxylation sites is 1. The smallest absolute Gasteiger partial charge is 0.254 e. The molecular formula is C31H30FN5O4. The average Bonchev–Trinajstić information content (AvgIpc) is 3.68. The van der Waals surface area contributed by atoms with E-state index in [9.17, 15) is 19.1 Å². The van der Waals surface area contributed by atoms with Gasteiger partial charge in [-0.15, -0.1) is 0 Å². The zero-order chi connectivity index (χ0) is 28.9. The number of nitrogens with two attached hydrogens (primary N) is 1. The first-order valence-electron chi connectivity index (χ1n) is 13.5. The van der Waals surface area contributed by atoms with Crippen LogP contribution in [0.25, 0.3) is 16.9 Å². The minimum Gasteiger partial charge on any atom is -0.489 e. The number of primary amides is 1. The van der Waals surface area contributed by atoms with E-state index in [1.54, 1.807) is 42.9 Å². The fourth-order valence-corrected chi connectivity index (χ4v) is 5.32. The lowest BCUT2D eigenvalue weighted by molar-refractivity contribution is -0.123. The zero-order valence-electron chi connectivity index (χ0n) is 22.7. The molecule has 1 aliphatic carbocycles. The second-order valence-corrected chi connectivity index (χ2v) is 11.0. The lowest BCUT2D eigenvalue weighted by Crippen LogP contribution is -2.44. The quantitative estimate of drug-likeness (QED) is 0.305. The van der Waals surface area contributed by atoms with E-state index in [0.29, 0.717) is 33.8 Å².